The standard InChI is InChI=1S/C46H37F3N4O.Pt/c1-45(2,3)29-21-22-50-40(23-29)52-38-18-11-10-17-34(38)35-20-19-33(27-39(35)52)54-32-16-12-15-31(26-32)53-43(28-13-8-7-9-14-28)42(44(51-53)46(4,5)6)41-36(48)24-30(47)25-37(41)49;/h7-25H,1-6H3;/q-2;+2. The zero-order valence-corrected chi connectivity index (χ0v) is 33.4. The summed E-state index contributed by atoms with van der Waals surface area (Å²) in [5.74, 6) is -1.41. The van der Waals surface area contributed by atoms with Crippen molar-refractivity contribution in [3.63, 3.8) is 0 Å². The van der Waals surface area contributed by atoms with Crippen LogP contribution >= 0.6 is 0 Å². The maximum absolute atomic E-state index is 15.6. The van der Waals surface area contributed by atoms with E-state index in [1.54, 1.807) is 16.8 Å². The van der Waals surface area contributed by atoms with Crippen LogP contribution in [0, 0.1) is 29.6 Å². The van der Waals surface area contributed by atoms with Crippen molar-refractivity contribution in [2.45, 2.75) is 52.4 Å². The van der Waals surface area contributed by atoms with Gasteiger partial charge in [0, 0.05) is 51.9 Å². The van der Waals surface area contributed by atoms with Crippen molar-refractivity contribution < 1.29 is 39.0 Å². The van der Waals surface area contributed by atoms with Crippen LogP contribution in [-0.2, 0) is 31.9 Å². The summed E-state index contributed by atoms with van der Waals surface area (Å²) in [5, 5.41) is 7.05. The number of pyridine rings is 1. The van der Waals surface area contributed by atoms with Crippen molar-refractivity contribution >= 4 is 21.8 Å². The number of benzene rings is 5. The molecule has 0 unspecified atom stereocenters. The van der Waals surface area contributed by atoms with Crippen LogP contribution < -0.4 is 4.74 Å². The van der Waals surface area contributed by atoms with Crippen molar-refractivity contribution in [2.24, 2.45) is 0 Å². The SMILES string of the molecule is CC(C)(C)c1ccnc(-n2c3[c-]c(Oc4[c-]c(-n5nc(C(C)(C)C)c(-c6c(F)cc(F)cc6F)c5-c5ccccc5)ccc4)ccc3c3ccccc32)c1.[Pt+2]. The molecule has 0 N–H and O–H groups in total. The molecule has 0 radical (unpaired) electrons. The molecule has 0 aliphatic rings. The predicted octanol–water partition coefficient (Wildman–Crippen LogP) is 12.1. The van der Waals surface area contributed by atoms with Crippen LogP contribution in [0.3, 0.4) is 0 Å². The molecule has 0 amide bonds. The van der Waals surface area contributed by atoms with Crippen molar-refractivity contribution in [3.8, 4) is 45.4 Å². The number of para-hydroxylation sites is 1. The summed E-state index contributed by atoms with van der Waals surface area (Å²) in [7, 11) is 0. The first-order valence-electron chi connectivity index (χ1n) is 17.7. The molecule has 0 spiro atoms. The number of fused-ring (bicyclic) bond motifs is 3. The molecule has 3 heterocycles. The molecule has 0 fully saturated rings. The maximum Gasteiger partial charge on any atom is 2.00 e. The summed E-state index contributed by atoms with van der Waals surface area (Å²) in [5.41, 5.74) is 4.13. The van der Waals surface area contributed by atoms with Gasteiger partial charge in [0.05, 0.1) is 17.0 Å². The van der Waals surface area contributed by atoms with Crippen LogP contribution in [0.25, 0.3) is 55.7 Å². The third kappa shape index (κ3) is 7.00. The van der Waals surface area contributed by atoms with E-state index in [9.17, 15) is 4.39 Å². The van der Waals surface area contributed by atoms with Gasteiger partial charge in [0.2, 0.25) is 0 Å². The predicted molar refractivity (Wildman–Crippen MR) is 208 cm³/mol. The topological polar surface area (TPSA) is 44.9 Å². The van der Waals surface area contributed by atoms with E-state index in [1.165, 1.54) is 0 Å². The normalized spacial score (nSPS) is 11.9. The van der Waals surface area contributed by atoms with E-state index < -0.39 is 22.9 Å². The fraction of sp³-hybridized carbons (Fsp3) is 0.174. The van der Waals surface area contributed by atoms with Crippen molar-refractivity contribution in [2.75, 3.05) is 0 Å². The number of hydrogen-bond acceptors (Lipinski definition) is 3. The fourth-order valence-electron chi connectivity index (χ4n) is 6.91. The Morgan fingerprint density at radius 1 is 0.655 bits per heavy atom. The summed E-state index contributed by atoms with van der Waals surface area (Å²) < 4.78 is 55.6. The van der Waals surface area contributed by atoms with Gasteiger partial charge in [-0.05, 0) is 40.3 Å². The second-order valence-electron chi connectivity index (χ2n) is 15.4. The summed E-state index contributed by atoms with van der Waals surface area (Å²) >= 11 is 0. The van der Waals surface area contributed by atoms with Crippen LogP contribution in [0.15, 0.2) is 115 Å². The molecule has 0 saturated heterocycles. The quantitative estimate of drug-likeness (QED) is 0.156. The number of halogens is 3. The van der Waals surface area contributed by atoms with Crippen molar-refractivity contribution in [1.82, 2.24) is 19.3 Å². The van der Waals surface area contributed by atoms with Crippen LogP contribution in [0.2, 0.25) is 0 Å². The fourth-order valence-corrected chi connectivity index (χ4v) is 6.91. The second-order valence-corrected chi connectivity index (χ2v) is 15.4. The van der Waals surface area contributed by atoms with Crippen LogP contribution in [0.4, 0.5) is 13.2 Å². The van der Waals surface area contributed by atoms with Crippen molar-refractivity contribution in [3.05, 3.63) is 156 Å². The molecular formula is C46H37F3N4OPt. The minimum Gasteiger partial charge on any atom is -0.509 e. The molecule has 9 heteroatoms. The Hall–Kier alpha value is -5.46. The Kier molecular flexibility index (Phi) is 9.85. The van der Waals surface area contributed by atoms with Gasteiger partial charge in [0.15, 0.2) is 0 Å². The number of hydrogen-bond donors (Lipinski definition) is 0. The average Bonchev–Trinajstić information content (AvgIpc) is 3.68. The molecule has 55 heavy (non-hydrogen) atoms. The number of nitrogens with zero attached hydrogens (tertiary/aromatic N) is 4. The Balaban J connectivity index is 0.00000465. The van der Waals surface area contributed by atoms with Crippen LogP contribution in [0.1, 0.15) is 52.8 Å². The summed E-state index contributed by atoms with van der Waals surface area (Å²) in [6, 6.07) is 39.1. The Labute approximate surface area is 332 Å². The summed E-state index contributed by atoms with van der Waals surface area (Å²) in [6.07, 6.45) is 1.84. The molecule has 0 aliphatic carbocycles. The number of aromatic nitrogens is 4. The number of rotatable bonds is 6. The minimum absolute atomic E-state index is 0. The molecule has 3 aromatic heterocycles. The first-order valence-corrected chi connectivity index (χ1v) is 17.7. The van der Waals surface area contributed by atoms with Gasteiger partial charge in [-0.2, -0.15) is 17.2 Å². The van der Waals surface area contributed by atoms with Gasteiger partial charge in [0.25, 0.3) is 0 Å². The second kappa shape index (κ2) is 14.3. The van der Waals surface area contributed by atoms with E-state index in [4.69, 9.17) is 14.8 Å². The molecule has 5 aromatic carbocycles. The zero-order valence-electron chi connectivity index (χ0n) is 31.1. The summed E-state index contributed by atoms with van der Waals surface area (Å²) in [6.45, 7) is 12.3. The first kappa shape index (κ1) is 37.8. The molecule has 8 aromatic rings. The Bertz CT molecular complexity index is 2680. The van der Waals surface area contributed by atoms with Crippen molar-refractivity contribution in [1.29, 1.82) is 0 Å². The third-order valence-electron chi connectivity index (χ3n) is 9.50. The Morgan fingerprint density at radius 3 is 2.05 bits per heavy atom. The molecule has 0 bridgehead atoms. The molecule has 0 saturated carbocycles. The van der Waals surface area contributed by atoms with Gasteiger partial charge in [-0.3, -0.25) is 4.68 Å². The maximum atomic E-state index is 15.6. The van der Waals surface area contributed by atoms with Gasteiger partial charge in [0.1, 0.15) is 23.3 Å². The molecule has 278 valence electrons. The smallest absolute Gasteiger partial charge is 0.509 e. The largest absolute Gasteiger partial charge is 2.00 e. The molecule has 5 nitrogen and oxygen atoms in total. The van der Waals surface area contributed by atoms with Crippen LogP contribution in [0.5, 0.6) is 11.5 Å². The third-order valence-corrected chi connectivity index (χ3v) is 9.50. The van der Waals surface area contributed by atoms with Gasteiger partial charge in [-0.1, -0.05) is 95.6 Å². The van der Waals surface area contributed by atoms with E-state index in [0.717, 1.165) is 33.2 Å². The molecule has 0 aliphatic heterocycles. The monoisotopic (exact) mass is 913 g/mol. The molecular weight excluding hydrogens is 877 g/mol. The van der Waals surface area contributed by atoms with Gasteiger partial charge in [-0.25, -0.2) is 18.2 Å². The minimum atomic E-state index is -1.01. The van der Waals surface area contributed by atoms with Gasteiger partial charge >= 0.3 is 21.1 Å². The first-order chi connectivity index (χ1) is 25.8. The Morgan fingerprint density at radius 2 is 1.35 bits per heavy atom. The zero-order chi connectivity index (χ0) is 37.9. The van der Waals surface area contributed by atoms with Gasteiger partial charge in [-0.15, -0.1) is 35.7 Å². The van der Waals surface area contributed by atoms with Crippen LogP contribution in [-0.4, -0.2) is 19.3 Å². The van der Waals surface area contributed by atoms with E-state index in [-0.39, 0.29) is 37.6 Å². The summed E-state index contributed by atoms with van der Waals surface area (Å²) in [4.78, 5) is 4.77. The number of ether oxygens (including phenoxy) is 1. The van der Waals surface area contributed by atoms with E-state index in [1.807, 2.05) is 93.7 Å². The van der Waals surface area contributed by atoms with Gasteiger partial charge < -0.3 is 9.30 Å². The van der Waals surface area contributed by atoms with E-state index >= 15 is 8.78 Å². The van der Waals surface area contributed by atoms with E-state index in [2.05, 4.69) is 55.7 Å². The van der Waals surface area contributed by atoms with E-state index in [0.29, 0.717) is 46.3 Å². The average molecular weight is 914 g/mol. The molecule has 8 rings (SSSR count). The molecule has 0 atom stereocenters.